The van der Waals surface area contributed by atoms with E-state index in [1.165, 1.54) is 41.0 Å². The molecule has 6 heteroatoms. The molecule has 0 spiro atoms. The Balaban J connectivity index is 1.90. The second-order valence-electron chi connectivity index (χ2n) is 2.40. The Morgan fingerprint density at radius 3 is 3.14 bits per heavy atom. The summed E-state index contributed by atoms with van der Waals surface area (Å²) in [6, 6.07) is 3.72. The van der Waals surface area contributed by atoms with Gasteiger partial charge in [0.2, 0.25) is 0 Å². The molecule has 14 heavy (non-hydrogen) atoms. The molecular weight excluding hydrogens is 236 g/mol. The van der Waals surface area contributed by atoms with E-state index in [9.17, 15) is 4.79 Å². The maximum Gasteiger partial charge on any atom is 0.183 e. The van der Waals surface area contributed by atoms with Crippen LogP contribution < -0.4 is 0 Å². The number of hydrogen-bond acceptors (Lipinski definition) is 6. The number of thioether (sulfide) groups is 1. The molecule has 0 aliphatic rings. The maximum atomic E-state index is 11.5. The number of nitrogens with zero attached hydrogens (tertiary/aromatic N) is 2. The van der Waals surface area contributed by atoms with Gasteiger partial charge in [-0.2, -0.15) is 4.37 Å². The van der Waals surface area contributed by atoms with Gasteiger partial charge >= 0.3 is 0 Å². The molecule has 0 fully saturated rings. The Labute approximate surface area is 93.4 Å². The van der Waals surface area contributed by atoms with Crippen molar-refractivity contribution < 1.29 is 4.79 Å². The lowest BCUT2D eigenvalue weighted by Gasteiger charge is -1.93. The summed E-state index contributed by atoms with van der Waals surface area (Å²) < 4.78 is 4.71. The van der Waals surface area contributed by atoms with Crippen molar-refractivity contribution >= 4 is 40.4 Å². The quantitative estimate of drug-likeness (QED) is 0.610. The lowest BCUT2D eigenvalue weighted by molar-refractivity contribution is 0.102. The van der Waals surface area contributed by atoms with E-state index in [0.717, 1.165) is 9.22 Å². The van der Waals surface area contributed by atoms with E-state index in [-0.39, 0.29) is 5.78 Å². The van der Waals surface area contributed by atoms with Gasteiger partial charge in [-0.05, 0) is 23.0 Å². The van der Waals surface area contributed by atoms with Crippen LogP contribution in [-0.2, 0) is 0 Å². The Morgan fingerprint density at radius 1 is 1.57 bits per heavy atom. The zero-order valence-corrected chi connectivity index (χ0v) is 9.49. The summed E-state index contributed by atoms with van der Waals surface area (Å²) in [6.45, 7) is 0. The summed E-state index contributed by atoms with van der Waals surface area (Å²) >= 11 is 4.22. The smallest absolute Gasteiger partial charge is 0.183 e. The van der Waals surface area contributed by atoms with Crippen molar-refractivity contribution in [2.45, 2.75) is 4.34 Å². The minimum atomic E-state index is 0.153. The van der Waals surface area contributed by atoms with Gasteiger partial charge in [-0.15, -0.1) is 11.3 Å². The standard InChI is InChI=1S/C8H6N2OS3/c11-6(7-2-1-3-12-7)4-13-8-9-5-10-14-8/h1-3,5H,4H2. The van der Waals surface area contributed by atoms with Crippen molar-refractivity contribution in [3.63, 3.8) is 0 Å². The Kier molecular flexibility index (Phi) is 3.28. The lowest BCUT2D eigenvalue weighted by Crippen LogP contribution is -1.98. The van der Waals surface area contributed by atoms with Crippen LogP contribution in [0, 0.1) is 0 Å². The fraction of sp³-hybridized carbons (Fsp3) is 0.125. The van der Waals surface area contributed by atoms with E-state index in [4.69, 9.17) is 0 Å². The number of aromatic nitrogens is 2. The normalized spacial score (nSPS) is 10.3. The van der Waals surface area contributed by atoms with Crippen molar-refractivity contribution in [2.75, 3.05) is 5.75 Å². The van der Waals surface area contributed by atoms with Crippen molar-refractivity contribution in [1.29, 1.82) is 0 Å². The largest absolute Gasteiger partial charge is 0.292 e. The third kappa shape index (κ3) is 2.40. The van der Waals surface area contributed by atoms with Gasteiger partial charge in [0.1, 0.15) is 6.33 Å². The van der Waals surface area contributed by atoms with Gasteiger partial charge in [0.25, 0.3) is 0 Å². The van der Waals surface area contributed by atoms with E-state index in [1.54, 1.807) is 0 Å². The first-order valence-corrected chi connectivity index (χ1v) is 6.46. The molecule has 2 aromatic heterocycles. The highest BCUT2D eigenvalue weighted by molar-refractivity contribution is 8.01. The molecule has 0 unspecified atom stereocenters. The number of thiophene rings is 1. The Bertz CT molecular complexity index is 396. The molecule has 0 aliphatic carbocycles. The molecule has 0 radical (unpaired) electrons. The summed E-state index contributed by atoms with van der Waals surface area (Å²) in [4.78, 5) is 16.3. The topological polar surface area (TPSA) is 42.9 Å². The zero-order valence-electron chi connectivity index (χ0n) is 7.04. The summed E-state index contributed by atoms with van der Waals surface area (Å²) in [5.41, 5.74) is 0. The van der Waals surface area contributed by atoms with E-state index in [0.29, 0.717) is 5.75 Å². The van der Waals surface area contributed by atoms with Gasteiger partial charge in [-0.3, -0.25) is 4.79 Å². The van der Waals surface area contributed by atoms with Crippen molar-refractivity contribution in [2.24, 2.45) is 0 Å². The van der Waals surface area contributed by atoms with Crippen molar-refractivity contribution in [1.82, 2.24) is 9.36 Å². The molecular formula is C8H6N2OS3. The highest BCUT2D eigenvalue weighted by Crippen LogP contribution is 2.20. The van der Waals surface area contributed by atoms with Crippen LogP contribution in [0.5, 0.6) is 0 Å². The lowest BCUT2D eigenvalue weighted by atomic mass is 10.4. The maximum absolute atomic E-state index is 11.5. The van der Waals surface area contributed by atoms with Gasteiger partial charge in [0.15, 0.2) is 10.1 Å². The van der Waals surface area contributed by atoms with Gasteiger partial charge in [-0.25, -0.2) is 4.98 Å². The van der Waals surface area contributed by atoms with Crippen LogP contribution in [0.1, 0.15) is 9.67 Å². The van der Waals surface area contributed by atoms with E-state index in [2.05, 4.69) is 9.36 Å². The zero-order chi connectivity index (χ0) is 9.80. The number of ketones is 1. The predicted octanol–water partition coefficient (Wildman–Crippen LogP) is 2.57. The van der Waals surface area contributed by atoms with Crippen LogP contribution in [0.15, 0.2) is 28.2 Å². The molecule has 0 atom stereocenters. The van der Waals surface area contributed by atoms with Crippen LogP contribution in [0.3, 0.4) is 0 Å². The fourth-order valence-electron chi connectivity index (χ4n) is 0.862. The molecule has 2 heterocycles. The summed E-state index contributed by atoms with van der Waals surface area (Å²) in [5, 5.41) is 1.91. The predicted molar refractivity (Wildman–Crippen MR) is 59.3 cm³/mol. The minimum Gasteiger partial charge on any atom is -0.292 e. The first-order valence-electron chi connectivity index (χ1n) is 3.82. The second kappa shape index (κ2) is 4.68. The van der Waals surface area contributed by atoms with E-state index >= 15 is 0 Å². The van der Waals surface area contributed by atoms with Crippen molar-refractivity contribution in [3.8, 4) is 0 Å². The number of hydrogen-bond donors (Lipinski definition) is 0. The van der Waals surface area contributed by atoms with Crippen LogP contribution >= 0.6 is 34.6 Å². The van der Waals surface area contributed by atoms with Crippen LogP contribution in [0.4, 0.5) is 0 Å². The highest BCUT2D eigenvalue weighted by Gasteiger charge is 2.08. The monoisotopic (exact) mass is 242 g/mol. The summed E-state index contributed by atoms with van der Waals surface area (Å²) in [7, 11) is 0. The first-order chi connectivity index (χ1) is 6.86. The third-order valence-electron chi connectivity index (χ3n) is 1.46. The number of carbonyl (C=O) groups excluding carboxylic acids is 1. The molecule has 0 aromatic carbocycles. The number of rotatable bonds is 4. The third-order valence-corrected chi connectivity index (χ3v) is 4.17. The van der Waals surface area contributed by atoms with Crippen molar-refractivity contribution in [3.05, 3.63) is 28.7 Å². The highest BCUT2D eigenvalue weighted by atomic mass is 32.2. The van der Waals surface area contributed by atoms with E-state index in [1.807, 2.05) is 17.5 Å². The molecule has 3 nitrogen and oxygen atoms in total. The summed E-state index contributed by atoms with van der Waals surface area (Å²) in [5.74, 6) is 0.593. The molecule has 0 bridgehead atoms. The number of carbonyl (C=O) groups is 1. The number of Topliss-reactive ketones (excluding diaryl/α,β-unsaturated/α-hetero) is 1. The van der Waals surface area contributed by atoms with E-state index < -0.39 is 0 Å². The molecule has 0 saturated heterocycles. The average molecular weight is 242 g/mol. The van der Waals surface area contributed by atoms with Gasteiger partial charge in [-0.1, -0.05) is 17.8 Å². The Hall–Kier alpha value is -0.720. The average Bonchev–Trinajstić information content (AvgIpc) is 2.87. The second-order valence-corrected chi connectivity index (χ2v) is 5.35. The SMILES string of the molecule is O=C(CSc1ncns1)c1cccs1. The molecule has 0 amide bonds. The van der Waals surface area contributed by atoms with Crippen LogP contribution in [0.2, 0.25) is 0 Å². The molecule has 0 N–H and O–H groups in total. The van der Waals surface area contributed by atoms with Crippen LogP contribution in [0.25, 0.3) is 0 Å². The van der Waals surface area contributed by atoms with Gasteiger partial charge in [0.05, 0.1) is 10.6 Å². The summed E-state index contributed by atoms with van der Waals surface area (Å²) in [6.07, 6.45) is 1.50. The fourth-order valence-corrected chi connectivity index (χ4v) is 2.95. The molecule has 2 rings (SSSR count). The Morgan fingerprint density at radius 2 is 2.50 bits per heavy atom. The molecule has 72 valence electrons. The molecule has 2 aromatic rings. The van der Waals surface area contributed by atoms with Crippen LogP contribution in [-0.4, -0.2) is 20.9 Å². The minimum absolute atomic E-state index is 0.153. The molecule has 0 saturated carbocycles. The first kappa shape index (κ1) is 9.82. The van der Waals surface area contributed by atoms with Gasteiger partial charge < -0.3 is 0 Å². The molecule has 0 aliphatic heterocycles. The van der Waals surface area contributed by atoms with Gasteiger partial charge in [0, 0.05) is 0 Å².